The predicted octanol–water partition coefficient (Wildman–Crippen LogP) is 0.329. The molecule has 1 aromatic carbocycles. The third kappa shape index (κ3) is 7.82. The molecule has 1 aliphatic rings. The Morgan fingerprint density at radius 2 is 1.92 bits per heavy atom. The Morgan fingerprint density at radius 1 is 1.23 bits per heavy atom. The minimum Gasteiger partial charge on any atom is -0.379 e. The maximum atomic E-state index is 12.1. The number of hydrogen-bond donors (Lipinski definition) is 1. The molecule has 0 spiro atoms. The maximum Gasteiger partial charge on any atom is 0.235 e. The summed E-state index contributed by atoms with van der Waals surface area (Å²) in [6, 6.07) is 9.91. The van der Waals surface area contributed by atoms with Gasteiger partial charge in [0.15, 0.2) is 0 Å². The molecule has 0 saturated carbocycles. The van der Waals surface area contributed by atoms with Gasteiger partial charge >= 0.3 is 0 Å². The van der Waals surface area contributed by atoms with Crippen LogP contribution in [0.3, 0.4) is 0 Å². The van der Waals surface area contributed by atoms with Crippen LogP contribution in [0.15, 0.2) is 30.3 Å². The van der Waals surface area contributed by atoms with Gasteiger partial charge in [0, 0.05) is 32.7 Å². The van der Waals surface area contributed by atoms with Crippen molar-refractivity contribution < 1.29 is 17.9 Å². The first kappa shape index (κ1) is 20.8. The van der Waals surface area contributed by atoms with Crippen molar-refractivity contribution in [2.45, 2.75) is 12.8 Å². The van der Waals surface area contributed by atoms with Gasteiger partial charge in [0.2, 0.25) is 15.9 Å². The highest BCUT2D eigenvalue weighted by Gasteiger charge is 2.20. The molecule has 1 heterocycles. The smallest absolute Gasteiger partial charge is 0.235 e. The van der Waals surface area contributed by atoms with E-state index >= 15 is 0 Å². The van der Waals surface area contributed by atoms with Crippen LogP contribution in [-0.2, 0) is 26.0 Å². The molecule has 0 bridgehead atoms. The molecule has 0 radical (unpaired) electrons. The summed E-state index contributed by atoms with van der Waals surface area (Å²) in [7, 11) is -3.41. The lowest BCUT2D eigenvalue weighted by molar-refractivity contribution is -0.121. The summed E-state index contributed by atoms with van der Waals surface area (Å²) < 4.78 is 30.4. The number of hydrogen-bond acceptors (Lipinski definition) is 5. The summed E-state index contributed by atoms with van der Waals surface area (Å²) in [5, 5.41) is 2.81. The minimum atomic E-state index is -3.41. The van der Waals surface area contributed by atoms with Gasteiger partial charge in [-0.1, -0.05) is 30.3 Å². The highest BCUT2D eigenvalue weighted by Crippen LogP contribution is 2.06. The molecule has 0 aromatic heterocycles. The van der Waals surface area contributed by atoms with E-state index in [-0.39, 0.29) is 12.5 Å². The van der Waals surface area contributed by atoms with E-state index in [1.165, 1.54) is 4.31 Å². The van der Waals surface area contributed by atoms with Crippen LogP contribution in [0.1, 0.15) is 12.0 Å². The number of aryl methyl sites for hydroxylation is 1. The summed E-state index contributed by atoms with van der Waals surface area (Å²) in [5.74, 6) is -0.261. The van der Waals surface area contributed by atoms with Crippen molar-refractivity contribution in [2.24, 2.45) is 0 Å². The van der Waals surface area contributed by atoms with Gasteiger partial charge in [0.25, 0.3) is 0 Å². The van der Waals surface area contributed by atoms with E-state index in [0.717, 1.165) is 51.1 Å². The fraction of sp³-hybridized carbons (Fsp3) is 0.611. The van der Waals surface area contributed by atoms with Crippen LogP contribution in [0, 0.1) is 0 Å². The first-order valence-corrected chi connectivity index (χ1v) is 10.9. The number of ether oxygens (including phenoxy) is 1. The van der Waals surface area contributed by atoms with Crippen LogP contribution in [-0.4, -0.2) is 82.3 Å². The molecule has 0 atom stereocenters. The largest absolute Gasteiger partial charge is 0.379 e. The molecule has 2 rings (SSSR count). The summed E-state index contributed by atoms with van der Waals surface area (Å²) >= 11 is 0. The third-order valence-corrected chi connectivity index (χ3v) is 5.61. The molecule has 8 heteroatoms. The standard InChI is InChI=1S/C18H29N3O4S/c1-26(23,24)21(10-5-8-17-6-3-2-4-7-17)16-18(22)19-9-11-20-12-14-25-15-13-20/h2-4,6-7H,5,8-16H2,1H3,(H,19,22). The second kappa shape index (κ2) is 10.6. The van der Waals surface area contributed by atoms with Crippen molar-refractivity contribution in [3.63, 3.8) is 0 Å². The van der Waals surface area contributed by atoms with Gasteiger partial charge in [-0.15, -0.1) is 0 Å². The molecular formula is C18H29N3O4S. The average molecular weight is 384 g/mol. The number of amides is 1. The van der Waals surface area contributed by atoms with E-state index in [1.807, 2.05) is 30.3 Å². The van der Waals surface area contributed by atoms with Gasteiger partial charge in [-0.3, -0.25) is 9.69 Å². The topological polar surface area (TPSA) is 79.0 Å². The zero-order valence-electron chi connectivity index (χ0n) is 15.4. The first-order chi connectivity index (χ1) is 12.4. The summed E-state index contributed by atoms with van der Waals surface area (Å²) in [4.78, 5) is 14.3. The number of carbonyl (C=O) groups is 1. The molecule has 146 valence electrons. The number of morpholine rings is 1. The van der Waals surface area contributed by atoms with E-state index in [9.17, 15) is 13.2 Å². The number of nitrogens with one attached hydrogen (secondary N) is 1. The number of benzene rings is 1. The number of nitrogens with zero attached hydrogens (tertiary/aromatic N) is 2. The maximum absolute atomic E-state index is 12.1. The number of sulfonamides is 1. The minimum absolute atomic E-state index is 0.128. The second-order valence-corrected chi connectivity index (χ2v) is 8.47. The van der Waals surface area contributed by atoms with Crippen molar-refractivity contribution in [3.05, 3.63) is 35.9 Å². The lowest BCUT2D eigenvalue weighted by Crippen LogP contribution is -2.44. The van der Waals surface area contributed by atoms with Crippen molar-refractivity contribution in [3.8, 4) is 0 Å². The van der Waals surface area contributed by atoms with Crippen LogP contribution in [0.5, 0.6) is 0 Å². The van der Waals surface area contributed by atoms with Gasteiger partial charge in [-0.25, -0.2) is 8.42 Å². The van der Waals surface area contributed by atoms with E-state index in [2.05, 4.69) is 10.2 Å². The van der Waals surface area contributed by atoms with Crippen molar-refractivity contribution >= 4 is 15.9 Å². The van der Waals surface area contributed by atoms with Crippen molar-refractivity contribution in [2.75, 3.05) is 58.7 Å². The molecule has 1 saturated heterocycles. The first-order valence-electron chi connectivity index (χ1n) is 9.01. The van der Waals surface area contributed by atoms with Crippen LogP contribution >= 0.6 is 0 Å². The van der Waals surface area contributed by atoms with E-state index in [1.54, 1.807) is 0 Å². The molecule has 1 fully saturated rings. The van der Waals surface area contributed by atoms with Gasteiger partial charge in [0.05, 0.1) is 26.0 Å². The van der Waals surface area contributed by atoms with Crippen molar-refractivity contribution in [1.29, 1.82) is 0 Å². The second-order valence-electron chi connectivity index (χ2n) is 6.49. The fourth-order valence-electron chi connectivity index (χ4n) is 2.86. The van der Waals surface area contributed by atoms with E-state index in [4.69, 9.17) is 4.74 Å². The number of rotatable bonds is 10. The Hall–Kier alpha value is -1.48. The van der Waals surface area contributed by atoms with E-state index < -0.39 is 10.0 Å². The normalized spacial score (nSPS) is 15.9. The molecular weight excluding hydrogens is 354 g/mol. The molecule has 7 nitrogen and oxygen atoms in total. The molecule has 1 N–H and O–H groups in total. The molecule has 0 unspecified atom stereocenters. The Morgan fingerprint density at radius 3 is 2.58 bits per heavy atom. The Labute approximate surface area is 156 Å². The third-order valence-electron chi connectivity index (χ3n) is 4.36. The monoisotopic (exact) mass is 383 g/mol. The Balaban J connectivity index is 1.72. The lowest BCUT2D eigenvalue weighted by atomic mass is 10.1. The lowest BCUT2D eigenvalue weighted by Gasteiger charge is -2.26. The van der Waals surface area contributed by atoms with Gasteiger partial charge < -0.3 is 10.1 Å². The quantitative estimate of drug-likeness (QED) is 0.630. The Bertz CT molecular complexity index is 646. The van der Waals surface area contributed by atoms with Crippen LogP contribution in [0.2, 0.25) is 0 Å². The zero-order chi connectivity index (χ0) is 18.8. The van der Waals surface area contributed by atoms with Gasteiger partial charge in [0.1, 0.15) is 0 Å². The SMILES string of the molecule is CS(=O)(=O)N(CCCc1ccccc1)CC(=O)NCCN1CCOCC1. The zero-order valence-corrected chi connectivity index (χ0v) is 16.2. The van der Waals surface area contributed by atoms with Crippen LogP contribution in [0.4, 0.5) is 0 Å². The number of carbonyl (C=O) groups excluding carboxylic acids is 1. The summed E-state index contributed by atoms with van der Waals surface area (Å²) in [6.45, 7) is 4.65. The van der Waals surface area contributed by atoms with Gasteiger partial charge in [-0.2, -0.15) is 4.31 Å². The van der Waals surface area contributed by atoms with E-state index in [0.29, 0.717) is 19.5 Å². The van der Waals surface area contributed by atoms with Crippen LogP contribution < -0.4 is 5.32 Å². The van der Waals surface area contributed by atoms with Crippen molar-refractivity contribution in [1.82, 2.24) is 14.5 Å². The summed E-state index contributed by atoms with van der Waals surface area (Å²) in [5.41, 5.74) is 1.16. The molecule has 1 amide bonds. The van der Waals surface area contributed by atoms with Gasteiger partial charge in [-0.05, 0) is 18.4 Å². The predicted molar refractivity (Wildman–Crippen MR) is 101 cm³/mol. The average Bonchev–Trinajstić information content (AvgIpc) is 2.62. The molecule has 0 aliphatic carbocycles. The highest BCUT2D eigenvalue weighted by atomic mass is 32.2. The molecule has 1 aromatic rings. The molecule has 26 heavy (non-hydrogen) atoms. The Kier molecular flexibility index (Phi) is 8.50. The fourth-order valence-corrected chi connectivity index (χ4v) is 3.67. The highest BCUT2D eigenvalue weighted by molar-refractivity contribution is 7.88. The summed E-state index contributed by atoms with van der Waals surface area (Å²) in [6.07, 6.45) is 2.61. The van der Waals surface area contributed by atoms with Crippen LogP contribution in [0.25, 0.3) is 0 Å². The molecule has 1 aliphatic heterocycles.